The van der Waals surface area contributed by atoms with Crippen molar-refractivity contribution in [2.24, 2.45) is 0 Å². The number of halogens is 1. The van der Waals surface area contributed by atoms with Crippen LogP contribution in [-0.4, -0.2) is 30.2 Å². The molecule has 2 nitrogen and oxygen atoms in total. The number of hydrogen-bond donors (Lipinski definition) is 1. The highest BCUT2D eigenvalue weighted by Gasteiger charge is 2.00. The van der Waals surface area contributed by atoms with Crippen LogP contribution in [0.5, 0.6) is 0 Å². The predicted molar refractivity (Wildman–Crippen MR) is 71.4 cm³/mol. The molecule has 0 radical (unpaired) electrons. The van der Waals surface area contributed by atoms with E-state index < -0.39 is 0 Å². The van der Waals surface area contributed by atoms with Crippen molar-refractivity contribution in [2.45, 2.75) is 25.8 Å². The monoisotopic (exact) mass is 285 g/mol. The second-order valence-electron chi connectivity index (χ2n) is 4.15. The van der Waals surface area contributed by atoms with Gasteiger partial charge in [-0.1, -0.05) is 28.1 Å². The molecule has 0 fully saturated rings. The second kappa shape index (κ2) is 7.82. The molecule has 90 valence electrons. The van der Waals surface area contributed by atoms with Crippen molar-refractivity contribution in [3.05, 3.63) is 34.3 Å². The number of aliphatic hydroxyl groups excluding tert-OH is 1. The molecule has 0 heterocycles. The third-order valence-electron chi connectivity index (χ3n) is 2.54. The molecule has 0 unspecified atom stereocenters. The summed E-state index contributed by atoms with van der Waals surface area (Å²) >= 11 is 3.48. The zero-order chi connectivity index (χ0) is 11.8. The third-order valence-corrected chi connectivity index (χ3v) is 3.03. The van der Waals surface area contributed by atoms with E-state index in [-0.39, 0.29) is 0 Å². The molecule has 0 saturated carbocycles. The smallest absolute Gasteiger partial charge is 0.0431 e. The SMILES string of the molecule is CN(CCCCCO)Cc1cccc(Br)c1. The van der Waals surface area contributed by atoms with Crippen LogP contribution in [0.15, 0.2) is 28.7 Å². The molecule has 0 aliphatic rings. The van der Waals surface area contributed by atoms with Crippen LogP contribution in [0.4, 0.5) is 0 Å². The molecule has 0 aliphatic carbocycles. The molecule has 0 bridgehead atoms. The fourth-order valence-corrected chi connectivity index (χ4v) is 2.14. The second-order valence-corrected chi connectivity index (χ2v) is 5.07. The fourth-order valence-electron chi connectivity index (χ4n) is 1.70. The zero-order valence-electron chi connectivity index (χ0n) is 9.82. The van der Waals surface area contributed by atoms with E-state index in [1.54, 1.807) is 0 Å². The van der Waals surface area contributed by atoms with Crippen LogP contribution in [0.25, 0.3) is 0 Å². The number of nitrogens with zero attached hydrogens (tertiary/aromatic N) is 1. The lowest BCUT2D eigenvalue weighted by molar-refractivity contribution is 0.271. The Hall–Kier alpha value is -0.380. The highest BCUT2D eigenvalue weighted by molar-refractivity contribution is 9.10. The molecule has 1 rings (SSSR count). The molecule has 0 atom stereocenters. The van der Waals surface area contributed by atoms with Crippen LogP contribution in [0.1, 0.15) is 24.8 Å². The van der Waals surface area contributed by atoms with E-state index >= 15 is 0 Å². The van der Waals surface area contributed by atoms with Gasteiger partial charge in [-0.25, -0.2) is 0 Å². The molecule has 3 heteroatoms. The van der Waals surface area contributed by atoms with E-state index in [9.17, 15) is 0 Å². The summed E-state index contributed by atoms with van der Waals surface area (Å²) in [6.07, 6.45) is 3.19. The van der Waals surface area contributed by atoms with Crippen molar-refractivity contribution in [3.63, 3.8) is 0 Å². The Bertz CT molecular complexity index is 304. The Kier molecular flexibility index (Phi) is 6.69. The Balaban J connectivity index is 2.25. The van der Waals surface area contributed by atoms with E-state index in [1.807, 2.05) is 6.07 Å². The van der Waals surface area contributed by atoms with Crippen LogP contribution in [0.2, 0.25) is 0 Å². The average Bonchev–Trinajstić information content (AvgIpc) is 2.24. The van der Waals surface area contributed by atoms with Crippen LogP contribution in [0.3, 0.4) is 0 Å². The quantitative estimate of drug-likeness (QED) is 0.779. The topological polar surface area (TPSA) is 23.5 Å². The third kappa shape index (κ3) is 5.64. The summed E-state index contributed by atoms with van der Waals surface area (Å²) in [6.45, 7) is 2.39. The Morgan fingerprint density at radius 1 is 1.25 bits per heavy atom. The lowest BCUT2D eigenvalue weighted by Gasteiger charge is -2.16. The van der Waals surface area contributed by atoms with E-state index in [1.165, 1.54) is 5.56 Å². The lowest BCUT2D eigenvalue weighted by atomic mass is 10.2. The molecular weight excluding hydrogens is 266 g/mol. The first kappa shape index (κ1) is 13.7. The summed E-state index contributed by atoms with van der Waals surface area (Å²) in [6, 6.07) is 8.42. The van der Waals surface area contributed by atoms with Crippen molar-refractivity contribution < 1.29 is 5.11 Å². The van der Waals surface area contributed by atoms with Crippen LogP contribution >= 0.6 is 15.9 Å². The number of rotatable bonds is 7. The molecule has 0 aromatic heterocycles. The van der Waals surface area contributed by atoms with Gasteiger partial charge >= 0.3 is 0 Å². The van der Waals surface area contributed by atoms with Gasteiger partial charge in [-0.15, -0.1) is 0 Å². The minimum Gasteiger partial charge on any atom is -0.396 e. The molecule has 0 aliphatic heterocycles. The Morgan fingerprint density at radius 2 is 2.06 bits per heavy atom. The average molecular weight is 286 g/mol. The molecule has 1 aromatic rings. The molecular formula is C13H20BrNO. The number of unbranched alkanes of at least 4 members (excludes halogenated alkanes) is 2. The van der Waals surface area contributed by atoms with E-state index in [0.29, 0.717) is 6.61 Å². The standard InChI is InChI=1S/C13H20BrNO/c1-15(8-3-2-4-9-16)11-12-6-5-7-13(14)10-12/h5-7,10,16H,2-4,8-9,11H2,1H3. The molecule has 16 heavy (non-hydrogen) atoms. The van der Waals surface area contributed by atoms with Crippen molar-refractivity contribution in [2.75, 3.05) is 20.2 Å². The maximum absolute atomic E-state index is 8.68. The minimum absolute atomic E-state index is 0.315. The van der Waals surface area contributed by atoms with Gasteiger partial charge in [0.1, 0.15) is 0 Å². The largest absolute Gasteiger partial charge is 0.396 e. The highest BCUT2D eigenvalue weighted by atomic mass is 79.9. The zero-order valence-corrected chi connectivity index (χ0v) is 11.4. The van der Waals surface area contributed by atoms with E-state index in [2.05, 4.69) is 46.1 Å². The van der Waals surface area contributed by atoms with Gasteiger partial charge in [-0.2, -0.15) is 0 Å². The van der Waals surface area contributed by atoms with Gasteiger partial charge in [0.25, 0.3) is 0 Å². The van der Waals surface area contributed by atoms with Gasteiger partial charge in [0.05, 0.1) is 0 Å². The minimum atomic E-state index is 0.315. The van der Waals surface area contributed by atoms with E-state index in [4.69, 9.17) is 5.11 Å². The predicted octanol–water partition coefficient (Wildman–Crippen LogP) is 3.04. The van der Waals surface area contributed by atoms with Gasteiger partial charge in [-0.05, 0) is 50.6 Å². The van der Waals surface area contributed by atoms with Crippen molar-refractivity contribution in [1.82, 2.24) is 4.90 Å². The van der Waals surface area contributed by atoms with Crippen LogP contribution in [-0.2, 0) is 6.54 Å². The van der Waals surface area contributed by atoms with Gasteiger partial charge in [0.2, 0.25) is 0 Å². The normalized spacial score (nSPS) is 11.0. The lowest BCUT2D eigenvalue weighted by Crippen LogP contribution is -2.19. The highest BCUT2D eigenvalue weighted by Crippen LogP contribution is 2.13. The molecule has 1 aromatic carbocycles. The van der Waals surface area contributed by atoms with E-state index in [0.717, 1.165) is 36.8 Å². The summed E-state index contributed by atoms with van der Waals surface area (Å²) in [5, 5.41) is 8.68. The summed E-state index contributed by atoms with van der Waals surface area (Å²) in [5.41, 5.74) is 1.33. The Labute approximate surface area is 106 Å². The number of aliphatic hydroxyl groups is 1. The van der Waals surface area contributed by atoms with Crippen LogP contribution < -0.4 is 0 Å². The van der Waals surface area contributed by atoms with Gasteiger partial charge in [-0.3, -0.25) is 0 Å². The number of hydrogen-bond acceptors (Lipinski definition) is 2. The molecule has 0 amide bonds. The first-order chi connectivity index (χ1) is 7.72. The van der Waals surface area contributed by atoms with Gasteiger partial charge in [0, 0.05) is 17.6 Å². The summed E-state index contributed by atoms with van der Waals surface area (Å²) in [7, 11) is 2.14. The number of benzene rings is 1. The van der Waals surface area contributed by atoms with Gasteiger partial charge < -0.3 is 10.0 Å². The first-order valence-corrected chi connectivity index (χ1v) is 6.55. The summed E-state index contributed by atoms with van der Waals surface area (Å²) < 4.78 is 1.14. The maximum Gasteiger partial charge on any atom is 0.0431 e. The molecule has 0 spiro atoms. The Morgan fingerprint density at radius 3 is 2.75 bits per heavy atom. The molecule has 0 saturated heterocycles. The van der Waals surface area contributed by atoms with Crippen molar-refractivity contribution in [3.8, 4) is 0 Å². The fraction of sp³-hybridized carbons (Fsp3) is 0.538. The molecule has 1 N–H and O–H groups in total. The van der Waals surface area contributed by atoms with Crippen molar-refractivity contribution >= 4 is 15.9 Å². The summed E-state index contributed by atoms with van der Waals surface area (Å²) in [5.74, 6) is 0. The first-order valence-electron chi connectivity index (χ1n) is 5.76. The van der Waals surface area contributed by atoms with Crippen molar-refractivity contribution in [1.29, 1.82) is 0 Å². The van der Waals surface area contributed by atoms with Crippen LogP contribution in [0, 0.1) is 0 Å². The summed E-state index contributed by atoms with van der Waals surface area (Å²) in [4.78, 5) is 2.32. The van der Waals surface area contributed by atoms with Gasteiger partial charge in [0.15, 0.2) is 0 Å². The maximum atomic E-state index is 8.68.